The smallest absolute Gasteiger partial charge is 0.129 e. The first kappa shape index (κ1) is 11.0. The van der Waals surface area contributed by atoms with Crippen LogP contribution < -0.4 is 4.90 Å². The molecule has 2 heterocycles. The molecule has 1 N–H and O–H groups in total. The van der Waals surface area contributed by atoms with Gasteiger partial charge in [0.25, 0.3) is 0 Å². The zero-order chi connectivity index (χ0) is 11.8. The van der Waals surface area contributed by atoms with Gasteiger partial charge in [0, 0.05) is 18.8 Å². The fourth-order valence-electron chi connectivity index (χ4n) is 3.40. The van der Waals surface area contributed by atoms with E-state index in [1.807, 2.05) is 19.1 Å². The Labute approximate surface area is 102 Å². The van der Waals surface area contributed by atoms with E-state index in [0.717, 1.165) is 42.0 Å². The summed E-state index contributed by atoms with van der Waals surface area (Å²) in [6.07, 6.45) is 4.19. The zero-order valence-electron chi connectivity index (χ0n) is 10.4. The van der Waals surface area contributed by atoms with Gasteiger partial charge in [-0.1, -0.05) is 6.42 Å². The van der Waals surface area contributed by atoms with Gasteiger partial charge in [-0.15, -0.1) is 0 Å². The molecule has 0 amide bonds. The van der Waals surface area contributed by atoms with Crippen molar-refractivity contribution in [2.75, 3.05) is 18.0 Å². The first-order chi connectivity index (χ1) is 8.26. The number of hydrogen-bond donors (Lipinski definition) is 1. The molecule has 0 radical (unpaired) electrons. The van der Waals surface area contributed by atoms with Crippen molar-refractivity contribution >= 4 is 5.82 Å². The quantitative estimate of drug-likeness (QED) is 0.848. The van der Waals surface area contributed by atoms with Crippen molar-refractivity contribution < 1.29 is 5.11 Å². The number of aryl methyl sites for hydroxylation is 1. The molecule has 1 aliphatic heterocycles. The molecule has 1 aromatic heterocycles. The maximum Gasteiger partial charge on any atom is 0.129 e. The number of aliphatic hydroxyl groups is 1. The Bertz CT molecular complexity index is 407. The van der Waals surface area contributed by atoms with Gasteiger partial charge in [-0.05, 0) is 49.3 Å². The van der Waals surface area contributed by atoms with Gasteiger partial charge in [-0.25, -0.2) is 4.98 Å². The maximum absolute atomic E-state index is 9.24. The van der Waals surface area contributed by atoms with E-state index in [4.69, 9.17) is 0 Å². The lowest BCUT2D eigenvalue weighted by molar-refractivity contribution is 0.281. The van der Waals surface area contributed by atoms with Gasteiger partial charge >= 0.3 is 0 Å². The summed E-state index contributed by atoms with van der Waals surface area (Å²) >= 11 is 0. The number of rotatable bonds is 2. The van der Waals surface area contributed by atoms with Gasteiger partial charge < -0.3 is 10.0 Å². The van der Waals surface area contributed by atoms with Crippen LogP contribution in [0.3, 0.4) is 0 Å². The SMILES string of the molecule is Cc1cc(CO)cc(N2CC3CCCC3C2)n1. The van der Waals surface area contributed by atoms with Gasteiger partial charge in [0.2, 0.25) is 0 Å². The minimum Gasteiger partial charge on any atom is -0.392 e. The van der Waals surface area contributed by atoms with E-state index < -0.39 is 0 Å². The number of fused-ring (bicyclic) bond motifs is 1. The van der Waals surface area contributed by atoms with Gasteiger partial charge in [0.15, 0.2) is 0 Å². The Hall–Kier alpha value is -1.09. The molecule has 2 fully saturated rings. The van der Waals surface area contributed by atoms with Crippen molar-refractivity contribution in [3.8, 4) is 0 Å². The van der Waals surface area contributed by atoms with Crippen molar-refractivity contribution in [1.29, 1.82) is 0 Å². The molecule has 3 nitrogen and oxygen atoms in total. The second-order valence-corrected chi connectivity index (χ2v) is 5.49. The van der Waals surface area contributed by atoms with Crippen LogP contribution in [0.4, 0.5) is 5.82 Å². The average molecular weight is 232 g/mol. The van der Waals surface area contributed by atoms with Gasteiger partial charge in [-0.3, -0.25) is 0 Å². The van der Waals surface area contributed by atoms with E-state index in [-0.39, 0.29) is 6.61 Å². The highest BCUT2D eigenvalue weighted by atomic mass is 16.3. The van der Waals surface area contributed by atoms with Crippen LogP contribution in [0.1, 0.15) is 30.5 Å². The molecule has 2 unspecified atom stereocenters. The third-order valence-electron chi connectivity index (χ3n) is 4.23. The highest BCUT2D eigenvalue weighted by Crippen LogP contribution is 2.39. The van der Waals surface area contributed by atoms with Crippen LogP contribution in [0, 0.1) is 18.8 Å². The maximum atomic E-state index is 9.24. The second kappa shape index (κ2) is 4.30. The van der Waals surface area contributed by atoms with Crippen LogP contribution >= 0.6 is 0 Å². The van der Waals surface area contributed by atoms with E-state index in [1.54, 1.807) is 0 Å². The normalized spacial score (nSPS) is 27.5. The lowest BCUT2D eigenvalue weighted by atomic mass is 10.0. The van der Waals surface area contributed by atoms with E-state index >= 15 is 0 Å². The molecule has 3 heteroatoms. The molecule has 0 spiro atoms. The Balaban J connectivity index is 1.82. The third-order valence-corrected chi connectivity index (χ3v) is 4.23. The fraction of sp³-hybridized carbons (Fsp3) is 0.643. The molecule has 17 heavy (non-hydrogen) atoms. The number of nitrogens with zero attached hydrogens (tertiary/aromatic N) is 2. The molecule has 2 atom stereocenters. The molecule has 92 valence electrons. The summed E-state index contributed by atoms with van der Waals surface area (Å²) in [5, 5.41) is 9.24. The van der Waals surface area contributed by atoms with E-state index in [1.165, 1.54) is 19.3 Å². The lowest BCUT2D eigenvalue weighted by Gasteiger charge is -2.19. The average Bonchev–Trinajstić information content (AvgIpc) is 2.88. The van der Waals surface area contributed by atoms with Crippen LogP contribution in [-0.4, -0.2) is 23.2 Å². The Morgan fingerprint density at radius 1 is 1.29 bits per heavy atom. The largest absolute Gasteiger partial charge is 0.392 e. The third kappa shape index (κ3) is 2.04. The molecule has 3 rings (SSSR count). The molecule has 0 aromatic carbocycles. The summed E-state index contributed by atoms with van der Waals surface area (Å²) < 4.78 is 0. The first-order valence-corrected chi connectivity index (χ1v) is 6.59. The standard InChI is InChI=1S/C14H20N2O/c1-10-5-11(9-17)6-14(15-10)16-7-12-3-2-4-13(12)8-16/h5-6,12-13,17H,2-4,7-9H2,1H3. The van der Waals surface area contributed by atoms with Crippen molar-refractivity contribution in [1.82, 2.24) is 4.98 Å². The van der Waals surface area contributed by atoms with Gasteiger partial charge in [-0.2, -0.15) is 0 Å². The van der Waals surface area contributed by atoms with E-state index in [2.05, 4.69) is 9.88 Å². The minimum absolute atomic E-state index is 0.108. The van der Waals surface area contributed by atoms with Gasteiger partial charge in [0.1, 0.15) is 5.82 Å². The highest BCUT2D eigenvalue weighted by Gasteiger charge is 2.36. The first-order valence-electron chi connectivity index (χ1n) is 6.59. The molecule has 1 aliphatic carbocycles. The molecule has 0 bridgehead atoms. The van der Waals surface area contributed by atoms with Crippen LogP contribution in [0.15, 0.2) is 12.1 Å². The Morgan fingerprint density at radius 3 is 2.65 bits per heavy atom. The van der Waals surface area contributed by atoms with E-state index in [0.29, 0.717) is 0 Å². The van der Waals surface area contributed by atoms with Crippen LogP contribution in [0.25, 0.3) is 0 Å². The molecular formula is C14H20N2O. The zero-order valence-corrected chi connectivity index (χ0v) is 10.4. The second-order valence-electron chi connectivity index (χ2n) is 5.49. The number of anilines is 1. The van der Waals surface area contributed by atoms with Crippen molar-refractivity contribution in [2.24, 2.45) is 11.8 Å². The monoisotopic (exact) mass is 232 g/mol. The predicted molar refractivity (Wildman–Crippen MR) is 67.9 cm³/mol. The number of aromatic nitrogens is 1. The Morgan fingerprint density at radius 2 is 2.00 bits per heavy atom. The van der Waals surface area contributed by atoms with Crippen molar-refractivity contribution in [3.63, 3.8) is 0 Å². The summed E-state index contributed by atoms with van der Waals surface area (Å²) in [6.45, 7) is 4.43. The number of pyridine rings is 1. The number of aliphatic hydroxyl groups excluding tert-OH is 1. The van der Waals surface area contributed by atoms with E-state index in [9.17, 15) is 5.11 Å². The predicted octanol–water partition coefficient (Wildman–Crippen LogP) is 2.12. The summed E-state index contributed by atoms with van der Waals surface area (Å²) in [4.78, 5) is 7.01. The molecular weight excluding hydrogens is 212 g/mol. The van der Waals surface area contributed by atoms with Crippen LogP contribution in [0.2, 0.25) is 0 Å². The fourth-order valence-corrected chi connectivity index (χ4v) is 3.40. The topological polar surface area (TPSA) is 36.4 Å². The Kier molecular flexibility index (Phi) is 2.79. The van der Waals surface area contributed by atoms with Crippen LogP contribution in [0.5, 0.6) is 0 Å². The highest BCUT2D eigenvalue weighted by molar-refractivity contribution is 5.44. The molecule has 2 aliphatic rings. The minimum atomic E-state index is 0.108. The van der Waals surface area contributed by atoms with Crippen molar-refractivity contribution in [3.05, 3.63) is 23.4 Å². The summed E-state index contributed by atoms with van der Waals surface area (Å²) in [6, 6.07) is 3.99. The summed E-state index contributed by atoms with van der Waals surface area (Å²) in [5.74, 6) is 2.83. The number of hydrogen-bond acceptors (Lipinski definition) is 3. The summed E-state index contributed by atoms with van der Waals surface area (Å²) in [7, 11) is 0. The molecule has 1 aromatic rings. The van der Waals surface area contributed by atoms with Crippen LogP contribution in [-0.2, 0) is 6.61 Å². The van der Waals surface area contributed by atoms with Gasteiger partial charge in [0.05, 0.1) is 6.61 Å². The van der Waals surface area contributed by atoms with Crippen molar-refractivity contribution in [2.45, 2.75) is 32.8 Å². The lowest BCUT2D eigenvalue weighted by Crippen LogP contribution is -2.22. The summed E-state index contributed by atoms with van der Waals surface area (Å²) in [5.41, 5.74) is 1.98. The molecule has 1 saturated heterocycles. The molecule has 1 saturated carbocycles.